The number of amides is 1. The summed E-state index contributed by atoms with van der Waals surface area (Å²) in [6, 6.07) is -1.19. The Balaban J connectivity index is 2.19. The molecule has 0 aromatic carbocycles. The van der Waals surface area contributed by atoms with Gasteiger partial charge in [-0.1, -0.05) is 242 Å². The molecule has 9 unspecified atom stereocenters. The fraction of sp³-hybridized carbons (Fsp3) is 0.881. The number of nitrogens with one attached hydrogen (secondary N) is 1. The van der Waals surface area contributed by atoms with Crippen LogP contribution in [0.25, 0.3) is 0 Å². The van der Waals surface area contributed by atoms with Gasteiger partial charge in [0.2, 0.25) is 5.91 Å². The Morgan fingerprint density at radius 1 is 0.514 bits per heavy atom. The molecule has 8 N–H and O–H groups in total. The highest BCUT2D eigenvalue weighted by atomic mass is 16.7. The highest BCUT2D eigenvalue weighted by Gasteiger charge is 2.44. The van der Waals surface area contributed by atoms with Crippen LogP contribution in [0.15, 0.2) is 36.5 Å². The number of aliphatic hydroxyl groups excluding tert-OH is 7. The minimum Gasteiger partial charge on any atom is -0.394 e. The van der Waals surface area contributed by atoms with Gasteiger partial charge in [0.05, 0.1) is 25.4 Å². The second-order valence-electron chi connectivity index (χ2n) is 20.7. The van der Waals surface area contributed by atoms with Crippen molar-refractivity contribution < 1.29 is 50.0 Å². The average molecular weight is 995 g/mol. The third kappa shape index (κ3) is 36.3. The lowest BCUT2D eigenvalue weighted by Gasteiger charge is -2.40. The van der Waals surface area contributed by atoms with Crippen LogP contribution in [0.3, 0.4) is 0 Å². The Kier molecular flexibility index (Phi) is 45.8. The summed E-state index contributed by atoms with van der Waals surface area (Å²) in [6.07, 6.45) is 48.2. The minimum absolute atomic E-state index is 0.241. The van der Waals surface area contributed by atoms with Crippen LogP contribution in [0.2, 0.25) is 0 Å². The van der Waals surface area contributed by atoms with Crippen molar-refractivity contribution in [2.45, 2.75) is 319 Å². The van der Waals surface area contributed by atoms with Gasteiger partial charge in [-0.05, 0) is 58.3 Å². The number of unbranched alkanes of at least 4 members (excludes halogenated alkanes) is 33. The molecule has 9 atom stereocenters. The number of hydrogen-bond donors (Lipinski definition) is 8. The molecule has 0 bridgehead atoms. The van der Waals surface area contributed by atoms with Gasteiger partial charge in [-0.2, -0.15) is 0 Å². The largest absolute Gasteiger partial charge is 0.394 e. The van der Waals surface area contributed by atoms with Gasteiger partial charge in [-0.3, -0.25) is 4.79 Å². The van der Waals surface area contributed by atoms with Crippen molar-refractivity contribution in [3.8, 4) is 0 Å². The quantitative estimate of drug-likeness (QED) is 0.0215. The van der Waals surface area contributed by atoms with E-state index in [1.54, 1.807) is 0 Å². The number of allylic oxidation sites excluding steroid dienone is 6. The van der Waals surface area contributed by atoms with Crippen molar-refractivity contribution in [3.05, 3.63) is 36.5 Å². The van der Waals surface area contributed by atoms with E-state index in [1.165, 1.54) is 173 Å². The third-order valence-electron chi connectivity index (χ3n) is 14.2. The molecule has 1 aliphatic heterocycles. The van der Waals surface area contributed by atoms with Gasteiger partial charge in [0.25, 0.3) is 0 Å². The molecular weight excluding hydrogens is 883 g/mol. The smallest absolute Gasteiger partial charge is 0.249 e. The number of carbonyl (C=O) groups excluding carboxylic acids is 1. The number of ether oxygens (including phenoxy) is 2. The number of carbonyl (C=O) groups is 1. The van der Waals surface area contributed by atoms with E-state index in [-0.39, 0.29) is 12.8 Å². The van der Waals surface area contributed by atoms with Gasteiger partial charge in [0.1, 0.15) is 36.6 Å². The van der Waals surface area contributed by atoms with Crippen LogP contribution in [-0.2, 0) is 14.3 Å². The normalized spacial score (nSPS) is 20.5. The predicted molar refractivity (Wildman–Crippen MR) is 289 cm³/mol. The van der Waals surface area contributed by atoms with Crippen molar-refractivity contribution in [2.24, 2.45) is 0 Å². The zero-order valence-electron chi connectivity index (χ0n) is 45.0. The molecule has 1 aliphatic rings. The van der Waals surface area contributed by atoms with Crippen LogP contribution >= 0.6 is 0 Å². The standard InChI is InChI=1S/C59H111NO10/c1-3-5-7-9-11-13-15-17-18-19-20-21-22-23-24-25-26-27-28-29-30-31-32-33-34-35-37-39-41-43-45-47-52(63)58(68)60-50(49-69-59-57(67)56(66)55(65)53(48-61)70-59)54(64)51(62)46-44-42-40-38-36-16-14-12-10-8-6-4-2/h4,6,12,14,38,40,50-57,59,61-67H,3,5,7-11,13,15-37,39,41-49H2,1-2H3,(H,60,68)/b6-4+,14-12+,40-38+. The summed E-state index contributed by atoms with van der Waals surface area (Å²) >= 11 is 0. The fourth-order valence-electron chi connectivity index (χ4n) is 9.48. The maximum absolute atomic E-state index is 13.1. The van der Waals surface area contributed by atoms with Crippen LogP contribution in [-0.4, -0.2) is 110 Å². The summed E-state index contributed by atoms with van der Waals surface area (Å²) < 4.78 is 11.1. The summed E-state index contributed by atoms with van der Waals surface area (Å²) in [5.41, 5.74) is 0. The van der Waals surface area contributed by atoms with Gasteiger partial charge in [0, 0.05) is 0 Å². The maximum Gasteiger partial charge on any atom is 0.249 e. The third-order valence-corrected chi connectivity index (χ3v) is 14.2. The van der Waals surface area contributed by atoms with Crippen molar-refractivity contribution >= 4 is 5.91 Å². The van der Waals surface area contributed by atoms with Crippen LogP contribution < -0.4 is 5.32 Å². The first-order valence-corrected chi connectivity index (χ1v) is 29.4. The Hall–Kier alpha value is -1.67. The highest BCUT2D eigenvalue weighted by Crippen LogP contribution is 2.23. The van der Waals surface area contributed by atoms with Gasteiger partial charge in [-0.15, -0.1) is 0 Å². The van der Waals surface area contributed by atoms with E-state index in [9.17, 15) is 40.5 Å². The molecule has 1 amide bonds. The van der Waals surface area contributed by atoms with E-state index in [0.29, 0.717) is 19.3 Å². The van der Waals surface area contributed by atoms with Crippen molar-refractivity contribution in [1.82, 2.24) is 5.32 Å². The highest BCUT2D eigenvalue weighted by molar-refractivity contribution is 5.80. The van der Waals surface area contributed by atoms with Gasteiger partial charge < -0.3 is 50.5 Å². The van der Waals surface area contributed by atoms with Gasteiger partial charge in [0.15, 0.2) is 6.29 Å². The molecule has 1 rings (SSSR count). The Morgan fingerprint density at radius 3 is 1.30 bits per heavy atom. The fourth-order valence-corrected chi connectivity index (χ4v) is 9.48. The lowest BCUT2D eigenvalue weighted by molar-refractivity contribution is -0.303. The first kappa shape index (κ1) is 66.3. The molecule has 0 radical (unpaired) electrons. The van der Waals surface area contributed by atoms with Crippen LogP contribution in [0.1, 0.15) is 264 Å². The molecule has 11 heteroatoms. The molecule has 70 heavy (non-hydrogen) atoms. The molecule has 412 valence electrons. The number of aliphatic hydroxyl groups is 7. The van der Waals surface area contributed by atoms with Crippen LogP contribution in [0, 0.1) is 0 Å². The first-order chi connectivity index (χ1) is 34.2. The van der Waals surface area contributed by atoms with E-state index in [0.717, 1.165) is 44.9 Å². The molecule has 0 aromatic heterocycles. The Morgan fingerprint density at radius 2 is 0.900 bits per heavy atom. The van der Waals surface area contributed by atoms with Crippen LogP contribution in [0.4, 0.5) is 0 Å². The second-order valence-corrected chi connectivity index (χ2v) is 20.7. The van der Waals surface area contributed by atoms with E-state index in [4.69, 9.17) is 9.47 Å². The molecule has 0 saturated carbocycles. The first-order valence-electron chi connectivity index (χ1n) is 29.4. The molecular formula is C59H111NO10. The summed E-state index contributed by atoms with van der Waals surface area (Å²) in [7, 11) is 0. The summed E-state index contributed by atoms with van der Waals surface area (Å²) in [6.45, 7) is 3.23. The molecule has 11 nitrogen and oxygen atoms in total. The zero-order chi connectivity index (χ0) is 51.1. The van der Waals surface area contributed by atoms with Gasteiger partial charge >= 0.3 is 0 Å². The van der Waals surface area contributed by atoms with E-state index < -0.39 is 74.2 Å². The topological polar surface area (TPSA) is 189 Å². The summed E-state index contributed by atoms with van der Waals surface area (Å²) in [5.74, 6) is -0.710. The maximum atomic E-state index is 13.1. The summed E-state index contributed by atoms with van der Waals surface area (Å²) in [4.78, 5) is 13.1. The predicted octanol–water partition coefficient (Wildman–Crippen LogP) is 12.3. The lowest BCUT2D eigenvalue weighted by Crippen LogP contribution is -2.60. The van der Waals surface area contributed by atoms with E-state index in [2.05, 4.69) is 48.7 Å². The molecule has 1 fully saturated rings. The van der Waals surface area contributed by atoms with E-state index >= 15 is 0 Å². The number of hydrogen-bond acceptors (Lipinski definition) is 10. The number of rotatable bonds is 50. The molecule has 0 aliphatic carbocycles. The molecule has 0 spiro atoms. The van der Waals surface area contributed by atoms with E-state index in [1.807, 2.05) is 6.92 Å². The zero-order valence-corrected chi connectivity index (χ0v) is 45.0. The lowest BCUT2D eigenvalue weighted by atomic mass is 9.98. The minimum atomic E-state index is -1.67. The molecule has 0 aromatic rings. The average Bonchev–Trinajstić information content (AvgIpc) is 3.36. The Bertz CT molecular complexity index is 1230. The molecule has 1 saturated heterocycles. The van der Waals surface area contributed by atoms with Gasteiger partial charge in [-0.25, -0.2) is 0 Å². The van der Waals surface area contributed by atoms with Crippen molar-refractivity contribution in [2.75, 3.05) is 13.2 Å². The SMILES string of the molecule is C/C=C/CC/C=C/CC/C=C/CCCC(O)C(O)C(COC1OC(CO)C(O)C(O)C1O)NC(=O)C(O)CCCCCCCCCCCCCCCCCCCCCCCCCCCCCCCCC. The monoisotopic (exact) mass is 994 g/mol. The van der Waals surface area contributed by atoms with Crippen LogP contribution in [0.5, 0.6) is 0 Å². The second kappa shape index (κ2) is 48.3. The Labute approximate surface area is 428 Å². The molecule has 1 heterocycles. The van der Waals surface area contributed by atoms with Crippen molar-refractivity contribution in [3.63, 3.8) is 0 Å². The summed E-state index contributed by atoms with van der Waals surface area (Å²) in [5, 5.41) is 75.9. The van der Waals surface area contributed by atoms with Crippen molar-refractivity contribution in [1.29, 1.82) is 0 Å².